The fraction of sp³-hybridized carbons (Fsp3) is 0.429. The van der Waals surface area contributed by atoms with Crippen molar-refractivity contribution in [3.63, 3.8) is 0 Å². The van der Waals surface area contributed by atoms with E-state index in [1.54, 1.807) is 7.11 Å². The highest BCUT2D eigenvalue weighted by Gasteiger charge is 2.07. The molecule has 0 bridgehead atoms. The second-order valence-electron chi connectivity index (χ2n) is 4.66. The van der Waals surface area contributed by atoms with Gasteiger partial charge in [0, 0.05) is 12.5 Å². The number of nitrogens with one attached hydrogen (secondary N) is 1. The lowest BCUT2D eigenvalue weighted by Gasteiger charge is -2.03. The van der Waals surface area contributed by atoms with Crippen molar-refractivity contribution in [1.82, 2.24) is 15.5 Å². The highest BCUT2D eigenvalue weighted by atomic mass is 16.5. The van der Waals surface area contributed by atoms with Crippen molar-refractivity contribution in [3.8, 4) is 5.75 Å². The average Bonchev–Trinajstić information content (AvgIpc) is 2.85. The summed E-state index contributed by atoms with van der Waals surface area (Å²) >= 11 is 0. The van der Waals surface area contributed by atoms with Crippen LogP contribution in [-0.2, 0) is 13.0 Å². The van der Waals surface area contributed by atoms with E-state index in [9.17, 15) is 0 Å². The minimum Gasteiger partial charge on any atom is -0.497 e. The molecule has 2 rings (SSSR count). The molecule has 0 aliphatic carbocycles. The highest BCUT2D eigenvalue weighted by Crippen LogP contribution is 2.13. The number of ether oxygens (including phenoxy) is 1. The first-order chi connectivity index (χ1) is 9.17. The summed E-state index contributed by atoms with van der Waals surface area (Å²) < 4.78 is 10.3. The Morgan fingerprint density at radius 1 is 1.26 bits per heavy atom. The van der Waals surface area contributed by atoms with Crippen molar-refractivity contribution in [2.45, 2.75) is 32.9 Å². The van der Waals surface area contributed by atoms with Crippen LogP contribution in [-0.4, -0.2) is 23.3 Å². The number of methoxy groups -OCH3 is 1. The Balaban J connectivity index is 1.95. The Labute approximate surface area is 113 Å². The second kappa shape index (κ2) is 6.33. The van der Waals surface area contributed by atoms with Gasteiger partial charge >= 0.3 is 0 Å². The van der Waals surface area contributed by atoms with E-state index >= 15 is 0 Å². The van der Waals surface area contributed by atoms with Crippen molar-refractivity contribution in [2.24, 2.45) is 0 Å². The summed E-state index contributed by atoms with van der Waals surface area (Å²) in [6.07, 6.45) is 0.662. The third-order valence-corrected chi connectivity index (χ3v) is 2.69. The van der Waals surface area contributed by atoms with E-state index in [0.717, 1.165) is 11.3 Å². The van der Waals surface area contributed by atoms with Gasteiger partial charge in [0.25, 0.3) is 0 Å². The molecule has 0 saturated carbocycles. The number of benzene rings is 1. The van der Waals surface area contributed by atoms with Crippen LogP contribution in [0.4, 0.5) is 0 Å². The SMILES string of the molecule is COc1ccc(Cc2noc(CNC(C)C)n2)cc1. The maximum Gasteiger partial charge on any atom is 0.240 e. The molecule has 0 fully saturated rings. The summed E-state index contributed by atoms with van der Waals surface area (Å²) in [7, 11) is 1.65. The summed E-state index contributed by atoms with van der Waals surface area (Å²) in [6.45, 7) is 4.76. The van der Waals surface area contributed by atoms with E-state index in [4.69, 9.17) is 9.26 Å². The summed E-state index contributed by atoms with van der Waals surface area (Å²) in [5.41, 5.74) is 1.13. The van der Waals surface area contributed by atoms with Crippen molar-refractivity contribution >= 4 is 0 Å². The van der Waals surface area contributed by atoms with Gasteiger partial charge in [0.15, 0.2) is 5.82 Å². The smallest absolute Gasteiger partial charge is 0.240 e. The van der Waals surface area contributed by atoms with Gasteiger partial charge in [0.1, 0.15) is 5.75 Å². The molecule has 19 heavy (non-hydrogen) atoms. The molecular weight excluding hydrogens is 242 g/mol. The lowest BCUT2D eigenvalue weighted by molar-refractivity contribution is 0.358. The summed E-state index contributed by atoms with van der Waals surface area (Å²) in [4.78, 5) is 4.35. The normalized spacial score (nSPS) is 10.9. The van der Waals surface area contributed by atoms with Crippen molar-refractivity contribution in [3.05, 3.63) is 41.5 Å². The van der Waals surface area contributed by atoms with E-state index in [0.29, 0.717) is 30.7 Å². The first kappa shape index (κ1) is 13.5. The molecule has 1 aromatic heterocycles. The molecule has 102 valence electrons. The van der Waals surface area contributed by atoms with Crippen molar-refractivity contribution in [2.75, 3.05) is 7.11 Å². The Morgan fingerprint density at radius 3 is 2.63 bits per heavy atom. The van der Waals surface area contributed by atoms with Gasteiger partial charge in [-0.05, 0) is 17.7 Å². The number of rotatable bonds is 6. The minimum absolute atomic E-state index is 0.400. The summed E-state index contributed by atoms with van der Waals surface area (Å²) in [6, 6.07) is 8.26. The van der Waals surface area contributed by atoms with E-state index in [2.05, 4.69) is 29.3 Å². The van der Waals surface area contributed by atoms with E-state index in [1.165, 1.54) is 0 Å². The summed E-state index contributed by atoms with van der Waals surface area (Å²) in [5.74, 6) is 2.17. The lowest BCUT2D eigenvalue weighted by atomic mass is 10.1. The first-order valence-corrected chi connectivity index (χ1v) is 6.35. The molecule has 0 amide bonds. The van der Waals surface area contributed by atoms with Gasteiger partial charge < -0.3 is 14.6 Å². The molecule has 0 spiro atoms. The second-order valence-corrected chi connectivity index (χ2v) is 4.66. The molecule has 5 nitrogen and oxygen atoms in total. The predicted molar refractivity (Wildman–Crippen MR) is 72.1 cm³/mol. The zero-order chi connectivity index (χ0) is 13.7. The highest BCUT2D eigenvalue weighted by molar-refractivity contribution is 5.28. The maximum atomic E-state index is 5.18. The standard InChI is InChI=1S/C14H19N3O2/c1-10(2)15-9-14-16-13(17-19-14)8-11-4-6-12(18-3)7-5-11/h4-7,10,15H,8-9H2,1-3H3. The maximum absolute atomic E-state index is 5.18. The Bertz CT molecular complexity index is 506. The third-order valence-electron chi connectivity index (χ3n) is 2.69. The monoisotopic (exact) mass is 261 g/mol. The largest absolute Gasteiger partial charge is 0.497 e. The quantitative estimate of drug-likeness (QED) is 0.863. The predicted octanol–water partition coefficient (Wildman–Crippen LogP) is 2.17. The van der Waals surface area contributed by atoms with Gasteiger partial charge in [0.05, 0.1) is 13.7 Å². The van der Waals surface area contributed by atoms with Crippen LogP contribution in [0.3, 0.4) is 0 Å². The van der Waals surface area contributed by atoms with Crippen LogP contribution in [0, 0.1) is 0 Å². The molecule has 0 radical (unpaired) electrons. The Kier molecular flexibility index (Phi) is 4.52. The average molecular weight is 261 g/mol. The van der Waals surface area contributed by atoms with Crippen LogP contribution in [0.2, 0.25) is 0 Å². The topological polar surface area (TPSA) is 60.2 Å². The van der Waals surface area contributed by atoms with E-state index in [1.807, 2.05) is 24.3 Å². The molecule has 0 saturated heterocycles. The zero-order valence-electron chi connectivity index (χ0n) is 11.5. The van der Waals surface area contributed by atoms with Crippen LogP contribution < -0.4 is 10.1 Å². The van der Waals surface area contributed by atoms with Crippen LogP contribution >= 0.6 is 0 Å². The van der Waals surface area contributed by atoms with Crippen molar-refractivity contribution in [1.29, 1.82) is 0 Å². The van der Waals surface area contributed by atoms with Gasteiger partial charge in [0.2, 0.25) is 5.89 Å². The molecule has 1 heterocycles. The zero-order valence-corrected chi connectivity index (χ0v) is 11.5. The molecule has 0 atom stereocenters. The molecule has 2 aromatic rings. The minimum atomic E-state index is 0.400. The van der Waals surface area contributed by atoms with Crippen LogP contribution in [0.15, 0.2) is 28.8 Å². The van der Waals surface area contributed by atoms with E-state index in [-0.39, 0.29) is 0 Å². The summed E-state index contributed by atoms with van der Waals surface area (Å²) in [5, 5.41) is 7.22. The van der Waals surface area contributed by atoms with Gasteiger partial charge in [-0.2, -0.15) is 4.98 Å². The van der Waals surface area contributed by atoms with Crippen molar-refractivity contribution < 1.29 is 9.26 Å². The fourth-order valence-electron chi connectivity index (χ4n) is 1.65. The number of nitrogens with zero attached hydrogens (tertiary/aromatic N) is 2. The van der Waals surface area contributed by atoms with Gasteiger partial charge in [-0.25, -0.2) is 0 Å². The van der Waals surface area contributed by atoms with Crippen LogP contribution in [0.25, 0.3) is 0 Å². The lowest BCUT2D eigenvalue weighted by Crippen LogP contribution is -2.21. The molecule has 1 aromatic carbocycles. The molecule has 1 N–H and O–H groups in total. The number of hydrogen-bond donors (Lipinski definition) is 1. The first-order valence-electron chi connectivity index (χ1n) is 6.35. The molecule has 0 unspecified atom stereocenters. The van der Waals surface area contributed by atoms with Crippen LogP contribution in [0.5, 0.6) is 5.75 Å². The van der Waals surface area contributed by atoms with Crippen LogP contribution in [0.1, 0.15) is 31.1 Å². The molecular formula is C14H19N3O2. The van der Waals surface area contributed by atoms with Gasteiger partial charge in [-0.1, -0.05) is 31.1 Å². The van der Waals surface area contributed by atoms with E-state index < -0.39 is 0 Å². The molecule has 0 aliphatic rings. The molecule has 5 heteroatoms. The number of hydrogen-bond acceptors (Lipinski definition) is 5. The number of aromatic nitrogens is 2. The fourth-order valence-corrected chi connectivity index (χ4v) is 1.65. The van der Waals surface area contributed by atoms with Gasteiger partial charge in [-0.15, -0.1) is 0 Å². The Hall–Kier alpha value is -1.88. The third kappa shape index (κ3) is 4.06. The molecule has 0 aliphatic heterocycles. The van der Waals surface area contributed by atoms with Gasteiger partial charge in [-0.3, -0.25) is 0 Å². The Morgan fingerprint density at radius 2 is 2.00 bits per heavy atom.